The lowest BCUT2D eigenvalue weighted by Gasteiger charge is -2.28. The molecule has 70 valence electrons. The van der Waals surface area contributed by atoms with Crippen LogP contribution in [0, 0.1) is 11.3 Å². The van der Waals surface area contributed by atoms with Gasteiger partial charge in [0.05, 0.1) is 5.41 Å². The van der Waals surface area contributed by atoms with E-state index in [2.05, 4.69) is 0 Å². The van der Waals surface area contributed by atoms with Crippen molar-refractivity contribution >= 4 is 5.97 Å². The Bertz CT molecular complexity index is 191. The van der Waals surface area contributed by atoms with Crippen LogP contribution in [0.1, 0.15) is 33.1 Å². The van der Waals surface area contributed by atoms with Crippen molar-refractivity contribution in [3.8, 4) is 0 Å². The fourth-order valence-electron chi connectivity index (χ4n) is 2.08. The standard InChI is InChI=1S/C9H17NO2/c1-6(2)9(8(11)12)4-3-7(10)5-9/h6-7H,3-5,10H2,1-2H3,(H,11,12)/t7-,9-/m0/s1. The molecular formula is C9H17NO2. The third-order valence-electron chi connectivity index (χ3n) is 3.12. The van der Waals surface area contributed by atoms with Gasteiger partial charge in [-0.05, 0) is 25.2 Å². The Morgan fingerprint density at radius 1 is 1.67 bits per heavy atom. The maximum atomic E-state index is 11.1. The van der Waals surface area contributed by atoms with Crippen molar-refractivity contribution in [1.29, 1.82) is 0 Å². The quantitative estimate of drug-likeness (QED) is 0.656. The summed E-state index contributed by atoms with van der Waals surface area (Å²) in [5.74, 6) is -0.492. The fraction of sp³-hybridized carbons (Fsp3) is 0.889. The van der Waals surface area contributed by atoms with E-state index in [-0.39, 0.29) is 12.0 Å². The Morgan fingerprint density at radius 3 is 2.42 bits per heavy atom. The second-order valence-corrected chi connectivity index (χ2v) is 4.12. The van der Waals surface area contributed by atoms with Gasteiger partial charge in [-0.15, -0.1) is 0 Å². The van der Waals surface area contributed by atoms with E-state index in [9.17, 15) is 4.79 Å². The zero-order chi connectivity index (χ0) is 9.35. The molecule has 0 spiro atoms. The molecule has 0 aromatic rings. The van der Waals surface area contributed by atoms with Crippen LogP contribution in [-0.2, 0) is 4.79 Å². The van der Waals surface area contributed by atoms with Crippen molar-refractivity contribution in [2.24, 2.45) is 17.1 Å². The van der Waals surface area contributed by atoms with Gasteiger partial charge in [-0.1, -0.05) is 13.8 Å². The van der Waals surface area contributed by atoms with Gasteiger partial charge < -0.3 is 10.8 Å². The minimum absolute atomic E-state index is 0.0866. The smallest absolute Gasteiger partial charge is 0.309 e. The predicted molar refractivity (Wildman–Crippen MR) is 46.7 cm³/mol. The number of aliphatic carboxylic acids is 1. The summed E-state index contributed by atoms with van der Waals surface area (Å²) < 4.78 is 0. The Kier molecular flexibility index (Phi) is 2.42. The van der Waals surface area contributed by atoms with Crippen molar-refractivity contribution in [3.63, 3.8) is 0 Å². The second kappa shape index (κ2) is 3.05. The number of hydrogen-bond donors (Lipinski definition) is 2. The normalized spacial score (nSPS) is 35.8. The van der Waals surface area contributed by atoms with Crippen molar-refractivity contribution in [1.82, 2.24) is 0 Å². The van der Waals surface area contributed by atoms with Crippen LogP contribution in [0.2, 0.25) is 0 Å². The number of hydrogen-bond acceptors (Lipinski definition) is 2. The van der Waals surface area contributed by atoms with E-state index in [1.54, 1.807) is 0 Å². The van der Waals surface area contributed by atoms with E-state index < -0.39 is 11.4 Å². The Morgan fingerprint density at radius 2 is 2.25 bits per heavy atom. The lowest BCUT2D eigenvalue weighted by Crippen LogP contribution is -2.35. The second-order valence-electron chi connectivity index (χ2n) is 4.12. The molecule has 3 heteroatoms. The van der Waals surface area contributed by atoms with E-state index in [0.29, 0.717) is 6.42 Å². The molecule has 3 N–H and O–H groups in total. The summed E-state index contributed by atoms with van der Waals surface area (Å²) in [6.07, 6.45) is 2.23. The summed E-state index contributed by atoms with van der Waals surface area (Å²) in [5, 5.41) is 9.10. The molecule has 0 aliphatic heterocycles. The molecular weight excluding hydrogens is 154 g/mol. The van der Waals surface area contributed by atoms with Crippen LogP contribution in [-0.4, -0.2) is 17.1 Å². The Balaban J connectivity index is 2.82. The molecule has 2 atom stereocenters. The van der Waals surface area contributed by atoms with Crippen molar-refractivity contribution in [2.75, 3.05) is 0 Å². The largest absolute Gasteiger partial charge is 0.481 e. The number of nitrogens with two attached hydrogens (primary N) is 1. The number of rotatable bonds is 2. The van der Waals surface area contributed by atoms with Crippen LogP contribution in [0.25, 0.3) is 0 Å². The minimum Gasteiger partial charge on any atom is -0.481 e. The molecule has 0 radical (unpaired) electrons. The molecule has 0 bridgehead atoms. The first-order valence-electron chi connectivity index (χ1n) is 4.48. The fourth-order valence-corrected chi connectivity index (χ4v) is 2.08. The van der Waals surface area contributed by atoms with E-state index in [4.69, 9.17) is 10.8 Å². The van der Waals surface area contributed by atoms with Gasteiger partial charge in [0.25, 0.3) is 0 Å². The molecule has 0 heterocycles. The molecule has 0 aromatic carbocycles. The highest BCUT2D eigenvalue weighted by Crippen LogP contribution is 2.43. The average molecular weight is 171 g/mol. The van der Waals surface area contributed by atoms with Gasteiger partial charge in [0.1, 0.15) is 0 Å². The minimum atomic E-state index is -0.676. The Labute approximate surface area is 72.9 Å². The van der Waals surface area contributed by atoms with Gasteiger partial charge >= 0.3 is 5.97 Å². The molecule has 1 aliphatic carbocycles. The van der Waals surface area contributed by atoms with Crippen LogP contribution in [0.5, 0.6) is 0 Å². The lowest BCUT2D eigenvalue weighted by molar-refractivity contribution is -0.151. The van der Waals surface area contributed by atoms with Crippen LogP contribution < -0.4 is 5.73 Å². The SMILES string of the molecule is CC(C)[C@]1(C(=O)O)CC[C@H](N)C1. The third kappa shape index (κ3) is 1.33. The van der Waals surface area contributed by atoms with Crippen LogP contribution in [0.4, 0.5) is 0 Å². The summed E-state index contributed by atoms with van der Waals surface area (Å²) in [6, 6.07) is 0.0866. The molecule has 3 nitrogen and oxygen atoms in total. The first-order valence-corrected chi connectivity index (χ1v) is 4.48. The zero-order valence-electron chi connectivity index (χ0n) is 7.71. The highest BCUT2D eigenvalue weighted by Gasteiger charge is 2.46. The van der Waals surface area contributed by atoms with Gasteiger partial charge in [0.2, 0.25) is 0 Å². The van der Waals surface area contributed by atoms with E-state index in [1.807, 2.05) is 13.8 Å². The maximum Gasteiger partial charge on any atom is 0.309 e. The van der Waals surface area contributed by atoms with Crippen molar-refractivity contribution < 1.29 is 9.90 Å². The zero-order valence-corrected chi connectivity index (χ0v) is 7.71. The molecule has 1 saturated carbocycles. The van der Waals surface area contributed by atoms with Crippen LogP contribution >= 0.6 is 0 Å². The molecule has 12 heavy (non-hydrogen) atoms. The molecule has 0 aromatic heterocycles. The highest BCUT2D eigenvalue weighted by molar-refractivity contribution is 5.75. The van der Waals surface area contributed by atoms with E-state index in [1.165, 1.54) is 0 Å². The third-order valence-corrected chi connectivity index (χ3v) is 3.12. The number of carbonyl (C=O) groups is 1. The van der Waals surface area contributed by atoms with Gasteiger partial charge in [0, 0.05) is 6.04 Å². The first kappa shape index (κ1) is 9.52. The highest BCUT2D eigenvalue weighted by atomic mass is 16.4. The van der Waals surface area contributed by atoms with Gasteiger partial charge in [-0.2, -0.15) is 0 Å². The summed E-state index contributed by atoms with van der Waals surface area (Å²) in [4.78, 5) is 11.1. The topological polar surface area (TPSA) is 63.3 Å². The number of carboxylic acid groups (broad SMARTS) is 1. The average Bonchev–Trinajstić information content (AvgIpc) is 2.32. The summed E-state index contributed by atoms with van der Waals surface area (Å²) in [6.45, 7) is 3.93. The summed E-state index contributed by atoms with van der Waals surface area (Å²) in [5.41, 5.74) is 5.18. The molecule has 0 saturated heterocycles. The summed E-state index contributed by atoms with van der Waals surface area (Å²) in [7, 11) is 0. The van der Waals surface area contributed by atoms with Crippen molar-refractivity contribution in [3.05, 3.63) is 0 Å². The number of carboxylic acids is 1. The van der Waals surface area contributed by atoms with Gasteiger partial charge in [-0.25, -0.2) is 0 Å². The molecule has 0 unspecified atom stereocenters. The van der Waals surface area contributed by atoms with E-state index >= 15 is 0 Å². The molecule has 1 fully saturated rings. The molecule has 0 amide bonds. The monoisotopic (exact) mass is 171 g/mol. The predicted octanol–water partition coefficient (Wildman–Crippen LogP) is 1.22. The van der Waals surface area contributed by atoms with Gasteiger partial charge in [-0.3, -0.25) is 4.79 Å². The first-order chi connectivity index (χ1) is 5.49. The van der Waals surface area contributed by atoms with Crippen LogP contribution in [0.3, 0.4) is 0 Å². The van der Waals surface area contributed by atoms with E-state index in [0.717, 1.165) is 12.8 Å². The molecule has 1 aliphatic rings. The molecule has 1 rings (SSSR count). The maximum absolute atomic E-state index is 11.1. The van der Waals surface area contributed by atoms with Crippen molar-refractivity contribution in [2.45, 2.75) is 39.2 Å². The lowest BCUT2D eigenvalue weighted by atomic mass is 9.75. The van der Waals surface area contributed by atoms with Crippen LogP contribution in [0.15, 0.2) is 0 Å². The Hall–Kier alpha value is -0.570. The van der Waals surface area contributed by atoms with Gasteiger partial charge in [0.15, 0.2) is 0 Å². The summed E-state index contributed by atoms with van der Waals surface area (Å²) >= 11 is 0.